The normalized spacial score (nSPS) is 10.8. The van der Waals surface area contributed by atoms with Crippen LogP contribution in [-0.2, 0) is 16.0 Å². The maximum atomic E-state index is 5.33. The zero-order chi connectivity index (χ0) is 11.5. The number of ether oxygens (including phenoxy) is 2. The minimum Gasteiger partial charge on any atom is -0.382 e. The molecule has 0 aliphatic heterocycles. The Balaban J connectivity index is 1.78. The lowest BCUT2D eigenvalue weighted by Crippen LogP contribution is -2.22. The van der Waals surface area contributed by atoms with Crippen molar-refractivity contribution in [1.82, 2.24) is 20.3 Å². The van der Waals surface area contributed by atoms with Gasteiger partial charge in [-0.2, -0.15) is 0 Å². The van der Waals surface area contributed by atoms with Crippen LogP contribution in [0.4, 0.5) is 0 Å². The molecule has 0 amide bonds. The molecule has 0 atom stereocenters. The molecule has 6 nitrogen and oxygen atoms in total. The van der Waals surface area contributed by atoms with E-state index < -0.39 is 0 Å². The molecule has 1 aromatic heterocycles. The molecular weight excluding hydrogens is 208 g/mol. The fourth-order valence-corrected chi connectivity index (χ4v) is 1.21. The van der Waals surface area contributed by atoms with E-state index in [4.69, 9.17) is 9.47 Å². The van der Waals surface area contributed by atoms with Crippen molar-refractivity contribution in [3.8, 4) is 0 Å². The summed E-state index contributed by atoms with van der Waals surface area (Å²) in [5.41, 5.74) is 0. The van der Waals surface area contributed by atoms with E-state index in [1.165, 1.54) is 0 Å². The molecule has 0 unspecified atom stereocenters. The fraction of sp³-hybridized carbons (Fsp3) is 0.800. The summed E-state index contributed by atoms with van der Waals surface area (Å²) in [4.78, 5) is 0. The summed E-state index contributed by atoms with van der Waals surface area (Å²) < 4.78 is 12.0. The minimum absolute atomic E-state index is 0.666. The third-order valence-electron chi connectivity index (χ3n) is 2.06. The number of nitrogens with one attached hydrogen (secondary N) is 1. The van der Waals surface area contributed by atoms with E-state index >= 15 is 0 Å². The zero-order valence-corrected chi connectivity index (χ0v) is 9.76. The predicted molar refractivity (Wildman–Crippen MR) is 60.2 cm³/mol. The summed E-state index contributed by atoms with van der Waals surface area (Å²) in [6, 6.07) is 0. The van der Waals surface area contributed by atoms with Gasteiger partial charge >= 0.3 is 0 Å². The standard InChI is InChI=1S/C10H20N4O2/c1-15-9-10-16-8-2-3-11-4-6-14-7-5-12-13-14/h5,7,11H,2-4,6,8-10H2,1H3. The second-order valence-electron chi connectivity index (χ2n) is 3.37. The van der Waals surface area contributed by atoms with Gasteiger partial charge in [-0.25, -0.2) is 0 Å². The van der Waals surface area contributed by atoms with Gasteiger partial charge < -0.3 is 14.8 Å². The van der Waals surface area contributed by atoms with Crippen LogP contribution in [0.15, 0.2) is 12.4 Å². The molecule has 1 aromatic rings. The van der Waals surface area contributed by atoms with Crippen molar-refractivity contribution in [1.29, 1.82) is 0 Å². The molecule has 1 heterocycles. The molecule has 1 rings (SSSR count). The molecular formula is C10H20N4O2. The molecule has 0 fully saturated rings. The molecule has 0 aliphatic rings. The van der Waals surface area contributed by atoms with Gasteiger partial charge in [-0.1, -0.05) is 5.21 Å². The molecule has 0 bridgehead atoms. The van der Waals surface area contributed by atoms with Gasteiger partial charge in [0.25, 0.3) is 0 Å². The summed E-state index contributed by atoms with van der Waals surface area (Å²) in [5, 5.41) is 10.9. The third kappa shape index (κ3) is 6.49. The van der Waals surface area contributed by atoms with Gasteiger partial charge in [0.1, 0.15) is 0 Å². The van der Waals surface area contributed by atoms with E-state index in [-0.39, 0.29) is 0 Å². The van der Waals surface area contributed by atoms with Gasteiger partial charge in [0.05, 0.1) is 26.0 Å². The zero-order valence-electron chi connectivity index (χ0n) is 9.76. The van der Waals surface area contributed by atoms with Crippen molar-refractivity contribution in [3.05, 3.63) is 12.4 Å². The van der Waals surface area contributed by atoms with Crippen LogP contribution in [0, 0.1) is 0 Å². The van der Waals surface area contributed by atoms with Crippen LogP contribution in [0.5, 0.6) is 0 Å². The third-order valence-corrected chi connectivity index (χ3v) is 2.06. The molecule has 92 valence electrons. The van der Waals surface area contributed by atoms with Crippen molar-refractivity contribution in [2.75, 3.05) is 40.0 Å². The maximum Gasteiger partial charge on any atom is 0.0700 e. The van der Waals surface area contributed by atoms with Crippen LogP contribution >= 0.6 is 0 Å². The van der Waals surface area contributed by atoms with Crippen LogP contribution in [0.2, 0.25) is 0 Å². The Bertz CT molecular complexity index is 241. The lowest BCUT2D eigenvalue weighted by atomic mass is 10.4. The van der Waals surface area contributed by atoms with Gasteiger partial charge in [-0.15, -0.1) is 5.10 Å². The van der Waals surface area contributed by atoms with Gasteiger partial charge in [0.15, 0.2) is 0 Å². The smallest absolute Gasteiger partial charge is 0.0700 e. The topological polar surface area (TPSA) is 61.2 Å². The largest absolute Gasteiger partial charge is 0.382 e. The average molecular weight is 228 g/mol. The fourth-order valence-electron chi connectivity index (χ4n) is 1.21. The highest BCUT2D eigenvalue weighted by atomic mass is 16.5. The number of nitrogens with zero attached hydrogens (tertiary/aromatic N) is 3. The lowest BCUT2D eigenvalue weighted by Gasteiger charge is -2.05. The SMILES string of the molecule is COCCOCCCNCCn1ccnn1. The number of aromatic nitrogens is 3. The number of methoxy groups -OCH3 is 1. The second-order valence-corrected chi connectivity index (χ2v) is 3.37. The summed E-state index contributed by atoms with van der Waals surface area (Å²) in [6.07, 6.45) is 4.56. The van der Waals surface area contributed by atoms with Crippen molar-refractivity contribution >= 4 is 0 Å². The molecule has 0 radical (unpaired) electrons. The van der Waals surface area contributed by atoms with E-state index in [1.807, 2.05) is 10.9 Å². The van der Waals surface area contributed by atoms with Crippen molar-refractivity contribution in [3.63, 3.8) is 0 Å². The van der Waals surface area contributed by atoms with Gasteiger partial charge in [-0.3, -0.25) is 4.68 Å². The molecule has 16 heavy (non-hydrogen) atoms. The quantitative estimate of drug-likeness (QED) is 0.568. The van der Waals surface area contributed by atoms with Crippen LogP contribution in [0.1, 0.15) is 6.42 Å². The van der Waals surface area contributed by atoms with Gasteiger partial charge in [0, 0.05) is 26.5 Å². The Kier molecular flexibility index (Phi) is 7.57. The Morgan fingerprint density at radius 3 is 2.94 bits per heavy atom. The van der Waals surface area contributed by atoms with Gasteiger partial charge in [-0.05, 0) is 13.0 Å². The van der Waals surface area contributed by atoms with Crippen molar-refractivity contribution in [2.45, 2.75) is 13.0 Å². The van der Waals surface area contributed by atoms with Crippen molar-refractivity contribution < 1.29 is 9.47 Å². The molecule has 6 heteroatoms. The number of hydrogen-bond donors (Lipinski definition) is 1. The molecule has 0 saturated carbocycles. The Morgan fingerprint density at radius 2 is 2.19 bits per heavy atom. The number of rotatable bonds is 10. The highest BCUT2D eigenvalue weighted by molar-refractivity contribution is 4.64. The predicted octanol–water partition coefficient (Wildman–Crippen LogP) is -0.0792. The van der Waals surface area contributed by atoms with Gasteiger partial charge in [0.2, 0.25) is 0 Å². The summed E-state index contributed by atoms with van der Waals surface area (Å²) in [5.74, 6) is 0. The second kappa shape index (κ2) is 9.26. The van der Waals surface area contributed by atoms with E-state index in [2.05, 4.69) is 15.6 Å². The monoisotopic (exact) mass is 228 g/mol. The molecule has 1 N–H and O–H groups in total. The number of hydrogen-bond acceptors (Lipinski definition) is 5. The van der Waals surface area contributed by atoms with Crippen LogP contribution in [-0.4, -0.2) is 55.0 Å². The first kappa shape index (κ1) is 13.1. The Labute approximate surface area is 95.9 Å². The van der Waals surface area contributed by atoms with Crippen LogP contribution in [0.3, 0.4) is 0 Å². The van der Waals surface area contributed by atoms with E-state index in [9.17, 15) is 0 Å². The van der Waals surface area contributed by atoms with E-state index in [1.54, 1.807) is 13.3 Å². The summed E-state index contributed by atoms with van der Waals surface area (Å²) in [7, 11) is 1.68. The first-order valence-corrected chi connectivity index (χ1v) is 5.55. The van der Waals surface area contributed by atoms with Crippen LogP contribution < -0.4 is 5.32 Å². The lowest BCUT2D eigenvalue weighted by molar-refractivity contribution is 0.0695. The molecule has 0 aromatic carbocycles. The van der Waals surface area contributed by atoms with E-state index in [0.717, 1.165) is 32.7 Å². The van der Waals surface area contributed by atoms with Crippen molar-refractivity contribution in [2.24, 2.45) is 0 Å². The average Bonchev–Trinajstić information content (AvgIpc) is 2.80. The summed E-state index contributed by atoms with van der Waals surface area (Å²) in [6.45, 7) is 4.84. The first-order valence-electron chi connectivity index (χ1n) is 5.55. The highest BCUT2D eigenvalue weighted by Gasteiger charge is 1.92. The summed E-state index contributed by atoms with van der Waals surface area (Å²) >= 11 is 0. The molecule has 0 aliphatic carbocycles. The molecule has 0 saturated heterocycles. The first-order chi connectivity index (χ1) is 7.93. The Morgan fingerprint density at radius 1 is 1.25 bits per heavy atom. The molecule has 0 spiro atoms. The van der Waals surface area contributed by atoms with Crippen LogP contribution in [0.25, 0.3) is 0 Å². The highest BCUT2D eigenvalue weighted by Crippen LogP contribution is 1.83. The minimum atomic E-state index is 0.666. The Hall–Kier alpha value is -0.980. The van der Waals surface area contributed by atoms with E-state index in [0.29, 0.717) is 13.2 Å². The maximum absolute atomic E-state index is 5.33.